The maximum absolute atomic E-state index is 6.52. The summed E-state index contributed by atoms with van der Waals surface area (Å²) in [5.74, 6) is 0.650. The van der Waals surface area contributed by atoms with Crippen LogP contribution in [0.15, 0.2) is 66.7 Å². The molecule has 136 valence electrons. The van der Waals surface area contributed by atoms with Gasteiger partial charge in [0.05, 0.1) is 21.7 Å². The van der Waals surface area contributed by atoms with Crippen LogP contribution in [0.2, 0.25) is 15.1 Å². The molecule has 0 saturated carbocycles. The minimum atomic E-state index is 0.491. The van der Waals surface area contributed by atoms with Crippen molar-refractivity contribution >= 4 is 57.1 Å². The van der Waals surface area contributed by atoms with Crippen molar-refractivity contribution in [3.05, 3.63) is 81.8 Å². The predicted octanol–water partition coefficient (Wildman–Crippen LogP) is 6.60. The first kappa shape index (κ1) is 17.4. The van der Waals surface area contributed by atoms with E-state index < -0.39 is 0 Å². The van der Waals surface area contributed by atoms with Gasteiger partial charge in [0, 0.05) is 15.6 Å². The fraction of sp³-hybridized carbons (Fsp3) is 0. The Morgan fingerprint density at radius 1 is 0.679 bits per heavy atom. The summed E-state index contributed by atoms with van der Waals surface area (Å²) in [6.45, 7) is 0. The average molecular weight is 426 g/mol. The molecule has 0 amide bonds. The smallest absolute Gasteiger partial charge is 0.199 e. The molecule has 0 aliphatic heterocycles. The Bertz CT molecular complexity index is 1360. The molecule has 0 aliphatic rings. The number of imidazole rings is 1. The van der Waals surface area contributed by atoms with E-state index in [-0.39, 0.29) is 0 Å². The second-order valence-electron chi connectivity index (χ2n) is 6.24. The van der Waals surface area contributed by atoms with Gasteiger partial charge >= 0.3 is 0 Å². The van der Waals surface area contributed by atoms with E-state index in [1.165, 1.54) is 0 Å². The topological polar surface area (TPSA) is 43.6 Å². The summed E-state index contributed by atoms with van der Waals surface area (Å²) in [5, 5.41) is 1.66. The largest absolute Gasteiger partial charge is 0.274 e. The lowest BCUT2D eigenvalue weighted by atomic mass is 10.2. The van der Waals surface area contributed by atoms with Crippen LogP contribution >= 0.6 is 34.8 Å². The van der Waals surface area contributed by atoms with Crippen molar-refractivity contribution in [1.82, 2.24) is 19.5 Å². The van der Waals surface area contributed by atoms with Crippen LogP contribution in [0.4, 0.5) is 0 Å². The van der Waals surface area contributed by atoms with E-state index in [1.807, 2.05) is 59.2 Å². The van der Waals surface area contributed by atoms with E-state index in [4.69, 9.17) is 44.8 Å². The number of halogens is 3. The molecule has 7 heteroatoms. The Balaban J connectivity index is 1.91. The summed E-state index contributed by atoms with van der Waals surface area (Å²) < 4.78 is 1.89. The fourth-order valence-corrected chi connectivity index (χ4v) is 3.85. The van der Waals surface area contributed by atoms with Crippen molar-refractivity contribution in [2.75, 3.05) is 0 Å². The number of hydrogen-bond acceptors (Lipinski definition) is 3. The van der Waals surface area contributed by atoms with Gasteiger partial charge in [-0.2, -0.15) is 0 Å². The molecule has 5 aromatic rings. The van der Waals surface area contributed by atoms with Gasteiger partial charge in [0.25, 0.3) is 0 Å². The Morgan fingerprint density at radius 3 is 2.18 bits per heavy atom. The van der Waals surface area contributed by atoms with Crippen LogP contribution in [0.25, 0.3) is 39.4 Å². The SMILES string of the molecule is Clc1cccc(-c2nc3nc4ccccc4nc3n2-c2ccc(Cl)cc2Cl)c1. The van der Waals surface area contributed by atoms with Gasteiger partial charge in [0.1, 0.15) is 5.82 Å². The van der Waals surface area contributed by atoms with Crippen LogP contribution in [0.5, 0.6) is 0 Å². The van der Waals surface area contributed by atoms with E-state index in [0.717, 1.165) is 16.6 Å². The maximum Gasteiger partial charge on any atom is 0.199 e. The standard InChI is InChI=1S/C21H11Cl3N4/c22-13-5-3-4-12(10-13)20-27-19-21(26-17-7-2-1-6-16(17)25-19)28(20)18-9-8-14(23)11-15(18)24/h1-11H. The highest BCUT2D eigenvalue weighted by molar-refractivity contribution is 6.35. The van der Waals surface area contributed by atoms with E-state index in [9.17, 15) is 0 Å². The van der Waals surface area contributed by atoms with Crippen molar-refractivity contribution in [2.45, 2.75) is 0 Å². The summed E-state index contributed by atoms with van der Waals surface area (Å²) in [6.07, 6.45) is 0. The molecule has 0 N–H and O–H groups in total. The third-order valence-corrected chi connectivity index (χ3v) is 5.18. The molecular weight excluding hydrogens is 415 g/mol. The predicted molar refractivity (Wildman–Crippen MR) is 115 cm³/mol. The zero-order chi connectivity index (χ0) is 19.3. The lowest BCUT2D eigenvalue weighted by Gasteiger charge is -2.11. The van der Waals surface area contributed by atoms with Gasteiger partial charge in [-0.05, 0) is 42.5 Å². The fourth-order valence-electron chi connectivity index (χ4n) is 3.17. The molecule has 0 fully saturated rings. The molecule has 28 heavy (non-hydrogen) atoms. The third kappa shape index (κ3) is 2.90. The highest BCUT2D eigenvalue weighted by Gasteiger charge is 2.19. The summed E-state index contributed by atoms with van der Waals surface area (Å²) >= 11 is 18.8. The molecule has 2 aromatic heterocycles. The first-order valence-electron chi connectivity index (χ1n) is 8.47. The van der Waals surface area contributed by atoms with Gasteiger partial charge in [-0.1, -0.05) is 59.1 Å². The Labute approximate surface area is 175 Å². The number of para-hydroxylation sites is 2. The van der Waals surface area contributed by atoms with Gasteiger partial charge in [-0.15, -0.1) is 0 Å². The average Bonchev–Trinajstić information content (AvgIpc) is 3.04. The molecule has 3 aromatic carbocycles. The second kappa shape index (κ2) is 6.74. The first-order chi connectivity index (χ1) is 13.6. The number of rotatable bonds is 2. The molecule has 0 unspecified atom stereocenters. The van der Waals surface area contributed by atoms with Crippen molar-refractivity contribution in [1.29, 1.82) is 0 Å². The normalized spacial score (nSPS) is 11.4. The number of fused-ring (bicyclic) bond motifs is 2. The molecule has 5 rings (SSSR count). The van der Waals surface area contributed by atoms with Crippen LogP contribution in [0, 0.1) is 0 Å². The van der Waals surface area contributed by atoms with Crippen molar-refractivity contribution in [2.24, 2.45) is 0 Å². The Morgan fingerprint density at radius 2 is 1.43 bits per heavy atom. The number of nitrogens with zero attached hydrogens (tertiary/aromatic N) is 4. The van der Waals surface area contributed by atoms with Crippen molar-refractivity contribution in [3.63, 3.8) is 0 Å². The summed E-state index contributed by atoms with van der Waals surface area (Å²) in [7, 11) is 0. The minimum Gasteiger partial charge on any atom is -0.274 e. The monoisotopic (exact) mass is 424 g/mol. The zero-order valence-electron chi connectivity index (χ0n) is 14.3. The highest BCUT2D eigenvalue weighted by atomic mass is 35.5. The van der Waals surface area contributed by atoms with E-state index in [2.05, 4.69) is 4.98 Å². The molecular formula is C21H11Cl3N4. The van der Waals surface area contributed by atoms with Gasteiger partial charge in [0.2, 0.25) is 0 Å². The van der Waals surface area contributed by atoms with Gasteiger partial charge < -0.3 is 0 Å². The van der Waals surface area contributed by atoms with E-state index in [0.29, 0.717) is 37.9 Å². The molecule has 0 spiro atoms. The van der Waals surface area contributed by atoms with Crippen molar-refractivity contribution < 1.29 is 0 Å². The van der Waals surface area contributed by atoms with Crippen LogP contribution in [0.3, 0.4) is 0 Å². The number of benzene rings is 3. The summed E-state index contributed by atoms with van der Waals surface area (Å²) in [4.78, 5) is 14.2. The molecule has 4 nitrogen and oxygen atoms in total. The van der Waals surface area contributed by atoms with E-state index >= 15 is 0 Å². The Hall–Kier alpha value is -2.66. The van der Waals surface area contributed by atoms with Crippen LogP contribution < -0.4 is 0 Å². The summed E-state index contributed by atoms with van der Waals surface area (Å²) in [5.41, 5.74) is 4.24. The van der Waals surface area contributed by atoms with Gasteiger partial charge in [-0.25, -0.2) is 15.0 Å². The van der Waals surface area contributed by atoms with Crippen LogP contribution in [-0.4, -0.2) is 19.5 Å². The second-order valence-corrected chi connectivity index (χ2v) is 7.52. The van der Waals surface area contributed by atoms with Gasteiger partial charge in [-0.3, -0.25) is 4.57 Å². The molecule has 0 radical (unpaired) electrons. The number of aromatic nitrogens is 4. The first-order valence-corrected chi connectivity index (χ1v) is 9.60. The Kier molecular flexibility index (Phi) is 4.20. The molecule has 0 saturated heterocycles. The van der Waals surface area contributed by atoms with Crippen LogP contribution in [0.1, 0.15) is 0 Å². The van der Waals surface area contributed by atoms with Crippen molar-refractivity contribution in [3.8, 4) is 17.1 Å². The minimum absolute atomic E-state index is 0.491. The molecule has 0 aliphatic carbocycles. The lowest BCUT2D eigenvalue weighted by Crippen LogP contribution is -2.00. The lowest BCUT2D eigenvalue weighted by molar-refractivity contribution is 1.08. The molecule has 0 bridgehead atoms. The number of hydrogen-bond donors (Lipinski definition) is 0. The van der Waals surface area contributed by atoms with Gasteiger partial charge in [0.15, 0.2) is 11.3 Å². The highest BCUT2D eigenvalue weighted by Crippen LogP contribution is 2.33. The van der Waals surface area contributed by atoms with E-state index in [1.54, 1.807) is 12.1 Å². The van der Waals surface area contributed by atoms with Crippen LogP contribution in [-0.2, 0) is 0 Å². The summed E-state index contributed by atoms with van der Waals surface area (Å²) in [6, 6.07) is 20.5. The molecule has 0 atom stereocenters. The quantitative estimate of drug-likeness (QED) is 0.320. The molecule has 2 heterocycles. The third-order valence-electron chi connectivity index (χ3n) is 4.40. The zero-order valence-corrected chi connectivity index (χ0v) is 16.5. The maximum atomic E-state index is 6.52.